The van der Waals surface area contributed by atoms with Crippen molar-refractivity contribution in [2.24, 2.45) is 5.73 Å². The lowest BCUT2D eigenvalue weighted by atomic mass is 9.91. The third-order valence-corrected chi connectivity index (χ3v) is 3.76. The van der Waals surface area contributed by atoms with Crippen LogP contribution in [0, 0.1) is 0 Å². The second-order valence-electron chi connectivity index (χ2n) is 4.40. The van der Waals surface area contributed by atoms with Crippen LogP contribution < -0.4 is 5.73 Å². The monoisotopic (exact) mass is 238 g/mol. The lowest BCUT2D eigenvalue weighted by Crippen LogP contribution is -2.45. The first-order valence-electron chi connectivity index (χ1n) is 5.98. The van der Waals surface area contributed by atoms with E-state index in [1.807, 2.05) is 18.2 Å². The molecule has 0 aliphatic carbocycles. The summed E-state index contributed by atoms with van der Waals surface area (Å²) in [6, 6.07) is 8.54. The molecule has 3 heteroatoms. The maximum absolute atomic E-state index is 6.26. The van der Waals surface area contributed by atoms with Crippen LogP contribution in [-0.2, 0) is 0 Å². The fourth-order valence-corrected chi connectivity index (χ4v) is 2.84. The number of piperidine rings is 1. The summed E-state index contributed by atoms with van der Waals surface area (Å²) < 4.78 is 0. The zero-order chi connectivity index (χ0) is 11.5. The van der Waals surface area contributed by atoms with E-state index in [1.165, 1.54) is 12.0 Å². The Bertz CT molecular complexity index is 354. The summed E-state index contributed by atoms with van der Waals surface area (Å²) in [5.74, 6) is 0. The third kappa shape index (κ3) is 2.24. The summed E-state index contributed by atoms with van der Waals surface area (Å²) in [5, 5.41) is 0.836. The average molecular weight is 239 g/mol. The third-order valence-electron chi connectivity index (χ3n) is 3.41. The number of halogens is 1. The summed E-state index contributed by atoms with van der Waals surface area (Å²) in [5.41, 5.74) is 7.42. The second-order valence-corrected chi connectivity index (χ2v) is 4.81. The zero-order valence-electron chi connectivity index (χ0n) is 9.70. The lowest BCUT2D eigenvalue weighted by Gasteiger charge is -2.39. The minimum Gasteiger partial charge on any atom is -0.326 e. The van der Waals surface area contributed by atoms with E-state index in [2.05, 4.69) is 17.9 Å². The van der Waals surface area contributed by atoms with Crippen molar-refractivity contribution in [3.63, 3.8) is 0 Å². The highest BCUT2D eigenvalue weighted by molar-refractivity contribution is 6.31. The van der Waals surface area contributed by atoms with E-state index in [-0.39, 0.29) is 12.1 Å². The number of benzene rings is 1. The first-order chi connectivity index (χ1) is 7.74. The molecule has 1 aliphatic heterocycles. The fourth-order valence-electron chi connectivity index (χ4n) is 2.59. The molecule has 0 spiro atoms. The Kier molecular flexibility index (Phi) is 3.85. The van der Waals surface area contributed by atoms with E-state index in [4.69, 9.17) is 17.3 Å². The molecule has 2 nitrogen and oxygen atoms in total. The van der Waals surface area contributed by atoms with E-state index >= 15 is 0 Å². The minimum absolute atomic E-state index is 0.202. The quantitative estimate of drug-likeness (QED) is 0.859. The lowest BCUT2D eigenvalue weighted by molar-refractivity contribution is 0.136. The van der Waals surface area contributed by atoms with Gasteiger partial charge in [0.05, 0.1) is 6.04 Å². The van der Waals surface area contributed by atoms with Crippen molar-refractivity contribution < 1.29 is 0 Å². The summed E-state index contributed by atoms with van der Waals surface area (Å²) >= 11 is 6.26. The number of likely N-dealkylation sites (tertiary alicyclic amines) is 1. The van der Waals surface area contributed by atoms with E-state index in [1.54, 1.807) is 0 Å². The molecule has 1 fully saturated rings. The molecule has 1 aromatic rings. The molecule has 1 aromatic carbocycles. The van der Waals surface area contributed by atoms with Gasteiger partial charge in [-0.1, -0.05) is 36.7 Å². The van der Waals surface area contributed by atoms with Crippen LogP contribution in [0.3, 0.4) is 0 Å². The van der Waals surface area contributed by atoms with E-state index in [0.717, 1.165) is 24.5 Å². The molecule has 88 valence electrons. The normalized spacial score (nSPS) is 26.9. The molecule has 0 amide bonds. The smallest absolute Gasteiger partial charge is 0.0513 e. The van der Waals surface area contributed by atoms with Crippen LogP contribution in [0.4, 0.5) is 0 Å². The molecular formula is C13H19ClN2. The standard InChI is InChI=1S/C13H19ClN2/c1-2-16-9-5-8-12(15)13(16)10-6-3-4-7-11(10)14/h3-4,6-7,12-13H,2,5,8-9,15H2,1H3. The summed E-state index contributed by atoms with van der Waals surface area (Å²) in [7, 11) is 0. The van der Waals surface area contributed by atoms with Crippen LogP contribution in [0.25, 0.3) is 0 Å². The largest absolute Gasteiger partial charge is 0.326 e. The van der Waals surface area contributed by atoms with E-state index < -0.39 is 0 Å². The van der Waals surface area contributed by atoms with Crippen molar-refractivity contribution in [2.45, 2.75) is 31.8 Å². The van der Waals surface area contributed by atoms with Gasteiger partial charge in [0.25, 0.3) is 0 Å². The van der Waals surface area contributed by atoms with Crippen LogP contribution in [0.2, 0.25) is 5.02 Å². The molecule has 2 rings (SSSR count). The highest BCUT2D eigenvalue weighted by atomic mass is 35.5. The fraction of sp³-hybridized carbons (Fsp3) is 0.538. The van der Waals surface area contributed by atoms with Crippen LogP contribution in [0.15, 0.2) is 24.3 Å². The zero-order valence-corrected chi connectivity index (χ0v) is 10.5. The molecular weight excluding hydrogens is 220 g/mol. The molecule has 1 aliphatic rings. The molecule has 0 bridgehead atoms. The van der Waals surface area contributed by atoms with Crippen molar-refractivity contribution in [3.05, 3.63) is 34.9 Å². The van der Waals surface area contributed by atoms with Crippen LogP contribution in [0.1, 0.15) is 31.4 Å². The Morgan fingerprint density at radius 2 is 2.19 bits per heavy atom. The highest BCUT2D eigenvalue weighted by Gasteiger charge is 2.30. The van der Waals surface area contributed by atoms with Crippen LogP contribution in [0.5, 0.6) is 0 Å². The molecule has 0 aromatic heterocycles. The number of rotatable bonds is 2. The molecule has 2 unspecified atom stereocenters. The van der Waals surface area contributed by atoms with Gasteiger partial charge in [-0.15, -0.1) is 0 Å². The van der Waals surface area contributed by atoms with Gasteiger partial charge in [0.1, 0.15) is 0 Å². The van der Waals surface area contributed by atoms with Gasteiger partial charge in [0.2, 0.25) is 0 Å². The Morgan fingerprint density at radius 1 is 1.44 bits per heavy atom. The predicted octanol–water partition coefficient (Wildman–Crippen LogP) is 2.82. The van der Waals surface area contributed by atoms with Gasteiger partial charge in [0, 0.05) is 11.1 Å². The summed E-state index contributed by atoms with van der Waals surface area (Å²) in [6.45, 7) is 4.34. The average Bonchev–Trinajstić information content (AvgIpc) is 2.30. The van der Waals surface area contributed by atoms with Gasteiger partial charge in [-0.3, -0.25) is 4.90 Å². The van der Waals surface area contributed by atoms with Crippen LogP contribution >= 0.6 is 11.6 Å². The van der Waals surface area contributed by atoms with Gasteiger partial charge in [-0.05, 0) is 37.6 Å². The second kappa shape index (κ2) is 5.17. The molecule has 2 atom stereocenters. The van der Waals surface area contributed by atoms with Crippen molar-refractivity contribution in [3.8, 4) is 0 Å². The Morgan fingerprint density at radius 3 is 2.88 bits per heavy atom. The first kappa shape index (κ1) is 11.9. The number of hydrogen-bond acceptors (Lipinski definition) is 2. The number of likely N-dealkylation sites (N-methyl/N-ethyl adjacent to an activating group) is 1. The summed E-state index contributed by atoms with van der Waals surface area (Å²) in [4.78, 5) is 2.43. The minimum atomic E-state index is 0.202. The topological polar surface area (TPSA) is 29.3 Å². The molecule has 1 heterocycles. The highest BCUT2D eigenvalue weighted by Crippen LogP contribution is 2.33. The molecule has 1 saturated heterocycles. The van der Waals surface area contributed by atoms with Crippen molar-refractivity contribution in [1.82, 2.24) is 4.90 Å². The number of nitrogens with two attached hydrogens (primary N) is 1. The molecule has 0 radical (unpaired) electrons. The van der Waals surface area contributed by atoms with Gasteiger partial charge >= 0.3 is 0 Å². The maximum atomic E-state index is 6.26. The Balaban J connectivity index is 2.32. The van der Waals surface area contributed by atoms with Crippen LogP contribution in [-0.4, -0.2) is 24.0 Å². The van der Waals surface area contributed by atoms with E-state index in [0.29, 0.717) is 0 Å². The number of nitrogens with zero attached hydrogens (tertiary/aromatic N) is 1. The molecule has 0 saturated carbocycles. The summed E-state index contributed by atoms with van der Waals surface area (Å²) in [6.07, 6.45) is 2.28. The van der Waals surface area contributed by atoms with Crippen molar-refractivity contribution >= 4 is 11.6 Å². The van der Waals surface area contributed by atoms with Gasteiger partial charge in [0.15, 0.2) is 0 Å². The van der Waals surface area contributed by atoms with Crippen molar-refractivity contribution in [2.75, 3.05) is 13.1 Å². The number of hydrogen-bond donors (Lipinski definition) is 1. The molecule has 16 heavy (non-hydrogen) atoms. The van der Waals surface area contributed by atoms with Gasteiger partial charge in [-0.25, -0.2) is 0 Å². The Hall–Kier alpha value is -0.570. The van der Waals surface area contributed by atoms with Crippen molar-refractivity contribution in [1.29, 1.82) is 0 Å². The van der Waals surface area contributed by atoms with Gasteiger partial charge < -0.3 is 5.73 Å². The maximum Gasteiger partial charge on any atom is 0.0513 e. The van der Waals surface area contributed by atoms with Gasteiger partial charge in [-0.2, -0.15) is 0 Å². The Labute approximate surface area is 102 Å². The predicted molar refractivity (Wildman–Crippen MR) is 68.6 cm³/mol. The van der Waals surface area contributed by atoms with E-state index in [9.17, 15) is 0 Å². The first-order valence-corrected chi connectivity index (χ1v) is 6.36. The SMILES string of the molecule is CCN1CCCC(N)C1c1ccccc1Cl. The molecule has 2 N–H and O–H groups in total.